The summed E-state index contributed by atoms with van der Waals surface area (Å²) in [6.45, 7) is 8.44. The Morgan fingerprint density at radius 2 is 1.89 bits per heavy atom. The summed E-state index contributed by atoms with van der Waals surface area (Å²) in [5, 5.41) is 16.1. The molecule has 334 valence electrons. The number of carboxylic acids is 1. The molecule has 62 heavy (non-hydrogen) atoms. The number of amides is 1. The first-order valence-electron chi connectivity index (χ1n) is 19.9. The van der Waals surface area contributed by atoms with E-state index in [9.17, 15) is 23.3 Å². The van der Waals surface area contributed by atoms with E-state index in [0.717, 1.165) is 42.9 Å². The van der Waals surface area contributed by atoms with Crippen LogP contribution in [0, 0.1) is 23.6 Å². The first kappa shape index (κ1) is 50.0. The lowest BCUT2D eigenvalue weighted by Crippen LogP contribution is -2.39. The normalized spacial score (nSPS) is 15.3. The van der Waals surface area contributed by atoms with Crippen LogP contribution in [0.4, 0.5) is 20.6 Å². The third-order valence-electron chi connectivity index (χ3n) is 9.29. The van der Waals surface area contributed by atoms with Crippen molar-refractivity contribution >= 4 is 70.8 Å². The van der Waals surface area contributed by atoms with E-state index in [1.807, 2.05) is 34.9 Å². The molecule has 0 saturated carbocycles. The molecule has 2 aromatic heterocycles. The average Bonchev–Trinajstić information content (AvgIpc) is 3.73. The number of nitrogens with two attached hydrogens (primary N) is 1. The fourth-order valence-electron chi connectivity index (χ4n) is 6.13. The van der Waals surface area contributed by atoms with Gasteiger partial charge in [0.1, 0.15) is 29.0 Å². The number of rotatable bonds is 15. The van der Waals surface area contributed by atoms with Gasteiger partial charge in [-0.1, -0.05) is 101 Å². The Bertz CT molecular complexity index is 2340. The number of anilines is 1. The SMILES string of the molecule is C#CCN1C(=O)COc2cc(F)c(N=c3snc4n3CC(C)(C)C4)cc21.CCCCCCCCSC(=O)Oc1cc(Cl)nnc1-c1ccccc1.CP(=O)(O)CCC(N)C(=O)O. The number of thioether (sulfide) groups is 1. The van der Waals surface area contributed by atoms with Gasteiger partial charge >= 0.3 is 11.3 Å². The van der Waals surface area contributed by atoms with Crippen molar-refractivity contribution in [2.45, 2.75) is 84.7 Å². The molecule has 15 nitrogen and oxygen atoms in total. The number of aromatic nitrogens is 4. The van der Waals surface area contributed by atoms with Gasteiger partial charge in [0.15, 0.2) is 30.7 Å². The second-order valence-corrected chi connectivity index (χ2v) is 20.1. The number of unbranched alkanes of at least 4 members (excludes halogenated alkanes) is 5. The summed E-state index contributed by atoms with van der Waals surface area (Å²) < 4.78 is 42.4. The summed E-state index contributed by atoms with van der Waals surface area (Å²) >= 11 is 8.34. The Labute approximate surface area is 373 Å². The maximum absolute atomic E-state index is 14.5. The van der Waals surface area contributed by atoms with E-state index in [4.69, 9.17) is 43.2 Å². The van der Waals surface area contributed by atoms with Crippen LogP contribution in [0.25, 0.3) is 11.3 Å². The number of carboxylic acid groups (broad SMARTS) is 1. The van der Waals surface area contributed by atoms with Crippen LogP contribution < -0.4 is 24.9 Å². The highest BCUT2D eigenvalue weighted by Gasteiger charge is 2.31. The zero-order chi connectivity index (χ0) is 45.5. The van der Waals surface area contributed by atoms with Crippen LogP contribution in [0.2, 0.25) is 5.15 Å². The maximum atomic E-state index is 14.5. The van der Waals surface area contributed by atoms with E-state index in [1.54, 1.807) is 0 Å². The van der Waals surface area contributed by atoms with Gasteiger partial charge in [0.2, 0.25) is 4.80 Å². The predicted molar refractivity (Wildman–Crippen MR) is 241 cm³/mol. The maximum Gasteiger partial charge on any atom is 0.372 e. The van der Waals surface area contributed by atoms with Crippen molar-refractivity contribution in [2.24, 2.45) is 16.1 Å². The average molecular weight is 932 g/mol. The molecule has 0 spiro atoms. The molecule has 6 rings (SSSR count). The molecule has 4 aromatic rings. The third kappa shape index (κ3) is 15.6. The summed E-state index contributed by atoms with van der Waals surface area (Å²) in [5.41, 5.74) is 7.11. The number of nitrogens with zero attached hydrogens (tertiary/aromatic N) is 6. The molecule has 0 bridgehead atoms. The van der Waals surface area contributed by atoms with E-state index in [-0.39, 0.29) is 53.2 Å². The monoisotopic (exact) mass is 931 g/mol. The second kappa shape index (κ2) is 23.7. The lowest BCUT2D eigenvalue weighted by atomic mass is 9.92. The van der Waals surface area contributed by atoms with Gasteiger partial charge in [-0.25, -0.2) is 14.2 Å². The van der Waals surface area contributed by atoms with Crippen molar-refractivity contribution < 1.29 is 42.8 Å². The van der Waals surface area contributed by atoms with Gasteiger partial charge in [0.05, 0.1) is 12.2 Å². The van der Waals surface area contributed by atoms with E-state index in [0.29, 0.717) is 27.7 Å². The Kier molecular flexibility index (Phi) is 19.1. The van der Waals surface area contributed by atoms with Crippen LogP contribution in [0.5, 0.6) is 11.5 Å². The second-order valence-electron chi connectivity index (χ2n) is 15.4. The first-order valence-corrected chi connectivity index (χ1v) is 24.4. The van der Waals surface area contributed by atoms with Gasteiger partial charge < -0.3 is 29.8 Å². The molecular formula is C42H52ClFN7O8PS2. The number of benzene rings is 2. The number of ether oxygens (including phenoxy) is 2. The van der Waals surface area contributed by atoms with Gasteiger partial charge in [0, 0.05) is 60.8 Å². The van der Waals surface area contributed by atoms with Crippen molar-refractivity contribution in [1.29, 1.82) is 0 Å². The smallest absolute Gasteiger partial charge is 0.372 e. The standard InChI is InChI=1S/C19H23ClN2O2S.C18H17FN4O2S.C5H12NO4P/c1-2-3-4-5-6-10-13-25-19(23)24-16-14-17(20)21-22-18(16)15-11-8-7-9-12-15;1-4-5-22-13-7-12(11(19)6-14(13)25-9-16(22)24)20-17-23-10-18(2,3)8-15(23)21-26-17;1-11(9,10)3-2-4(6)5(7)8/h7-9,11-12,14H,2-6,10,13H2,1H3;1,6-7H,5,8-10H2,2-3H3;4H,2-3,6H2,1H3,(H,7,8)(H,9,10). The van der Waals surface area contributed by atoms with Crippen molar-refractivity contribution in [3.63, 3.8) is 0 Å². The number of hydrogen-bond donors (Lipinski definition) is 3. The van der Waals surface area contributed by atoms with E-state index < -0.39 is 25.2 Å². The van der Waals surface area contributed by atoms with Gasteiger partial charge in [-0.15, -0.1) is 16.6 Å². The molecule has 0 aliphatic carbocycles. The minimum atomic E-state index is -3.10. The highest BCUT2D eigenvalue weighted by atomic mass is 35.5. The van der Waals surface area contributed by atoms with Crippen molar-refractivity contribution in [1.82, 2.24) is 19.1 Å². The minimum absolute atomic E-state index is 0.0412. The molecule has 2 aromatic carbocycles. The van der Waals surface area contributed by atoms with Gasteiger partial charge in [-0.3, -0.25) is 19.1 Å². The first-order chi connectivity index (χ1) is 29.4. The van der Waals surface area contributed by atoms with Gasteiger partial charge in [-0.2, -0.15) is 4.37 Å². The molecule has 0 radical (unpaired) electrons. The van der Waals surface area contributed by atoms with E-state index >= 15 is 0 Å². The van der Waals surface area contributed by atoms with Crippen LogP contribution in [0.1, 0.15) is 71.5 Å². The van der Waals surface area contributed by atoms with Crippen molar-refractivity contribution in [3.05, 3.63) is 70.1 Å². The molecule has 0 fully saturated rings. The fourth-order valence-corrected chi connectivity index (χ4v) is 8.45. The number of hydrogen-bond acceptors (Lipinski definition) is 13. The topological polar surface area (TPSA) is 212 Å². The summed E-state index contributed by atoms with van der Waals surface area (Å²) in [7, 11) is -3.10. The zero-order valence-corrected chi connectivity index (χ0v) is 38.4. The number of aliphatic carboxylic acids is 1. The number of terminal acetylenes is 1. The summed E-state index contributed by atoms with van der Waals surface area (Å²) in [4.78, 5) is 49.5. The Morgan fingerprint density at radius 1 is 1.18 bits per heavy atom. The molecule has 1 amide bonds. The molecule has 20 heteroatoms. The Morgan fingerprint density at radius 3 is 2.56 bits per heavy atom. The highest BCUT2D eigenvalue weighted by Crippen LogP contribution is 2.38. The molecular weight excluding hydrogens is 880 g/mol. The van der Waals surface area contributed by atoms with Crippen LogP contribution in [0.3, 0.4) is 0 Å². The number of fused-ring (bicyclic) bond motifs is 2. The lowest BCUT2D eigenvalue weighted by molar-refractivity contribution is -0.138. The van der Waals surface area contributed by atoms with E-state index in [1.165, 1.54) is 78.7 Å². The predicted octanol–water partition coefficient (Wildman–Crippen LogP) is 8.34. The summed E-state index contributed by atoms with van der Waals surface area (Å²) in [5.74, 6) is 2.88. The lowest BCUT2D eigenvalue weighted by Gasteiger charge is -2.28. The van der Waals surface area contributed by atoms with Crippen molar-refractivity contribution in [2.75, 3.05) is 36.6 Å². The summed E-state index contributed by atoms with van der Waals surface area (Å²) in [6.07, 6.45) is 13.4. The molecule has 4 heterocycles. The number of halogens is 2. The number of carbonyl (C=O) groups is 3. The minimum Gasteiger partial charge on any atom is -0.481 e. The Hall–Kier alpha value is -4.63. The molecule has 2 atom stereocenters. The van der Waals surface area contributed by atoms with Crippen LogP contribution in [-0.2, 0) is 27.1 Å². The zero-order valence-electron chi connectivity index (χ0n) is 35.1. The molecule has 2 aliphatic heterocycles. The van der Waals surface area contributed by atoms with Crippen LogP contribution >= 0.6 is 42.3 Å². The van der Waals surface area contributed by atoms with Crippen molar-refractivity contribution in [3.8, 4) is 35.1 Å². The highest BCUT2D eigenvalue weighted by molar-refractivity contribution is 8.13. The third-order valence-corrected chi connectivity index (χ3v) is 12.2. The fraction of sp³-hybridized carbons (Fsp3) is 0.452. The van der Waals surface area contributed by atoms with Crippen LogP contribution in [0.15, 0.2) is 53.5 Å². The van der Waals surface area contributed by atoms with Gasteiger partial charge in [0.25, 0.3) is 5.91 Å². The number of carbonyl (C=O) groups excluding carboxylic acids is 2. The Balaban J connectivity index is 0.000000222. The largest absolute Gasteiger partial charge is 0.481 e. The quantitative estimate of drug-likeness (QED) is 0.0443. The van der Waals surface area contributed by atoms with Gasteiger partial charge in [-0.05, 0) is 36.1 Å². The van der Waals surface area contributed by atoms with Crippen LogP contribution in [-0.4, -0.2) is 84.1 Å². The molecule has 2 aliphatic rings. The molecule has 2 unspecified atom stereocenters. The molecule has 0 saturated heterocycles. The van der Waals surface area contributed by atoms with E-state index in [2.05, 4.69) is 46.3 Å². The molecule has 4 N–H and O–H groups in total. The summed E-state index contributed by atoms with van der Waals surface area (Å²) in [6, 6.07) is 12.7.